The fourth-order valence-corrected chi connectivity index (χ4v) is 6.92. The van der Waals surface area contributed by atoms with Gasteiger partial charge in [-0.1, -0.05) is 12.1 Å². The Hall–Kier alpha value is -4.20. The predicted octanol–water partition coefficient (Wildman–Crippen LogP) is 5.62. The Balaban J connectivity index is 1.46. The fourth-order valence-electron chi connectivity index (χ4n) is 6.25. The molecule has 2 heterocycles. The summed E-state index contributed by atoms with van der Waals surface area (Å²) >= 11 is 0. The van der Waals surface area contributed by atoms with Crippen molar-refractivity contribution in [2.75, 3.05) is 38.9 Å². The molecule has 1 aromatic heterocycles. The molecule has 2 amide bonds. The summed E-state index contributed by atoms with van der Waals surface area (Å²) in [6.45, 7) is 0.302. The van der Waals surface area contributed by atoms with Gasteiger partial charge >= 0.3 is 13.8 Å². The number of hydrogen-bond donors (Lipinski definition) is 4. The van der Waals surface area contributed by atoms with Gasteiger partial charge in [0.2, 0.25) is 11.9 Å². The molecule has 5 rings (SSSR count). The standard InChI is InChI=1S/C31H36F3N6O6P/c1-39(2)28(41)19-8-6-18(7-9-19)20-10-12-24(26-21(20)15-40(3)29(26)42)36-27-22(31(32,33)34)14-35-30(38-27)37-23-11-5-17(13-25(23)46-4)16-47(43,44)45/h5,10-14,18-19H,6-9,15-16H2,1-4H3,(H2,43,44,45)(H2,35,36,37,38). The predicted molar refractivity (Wildman–Crippen MR) is 168 cm³/mol. The van der Waals surface area contributed by atoms with Crippen molar-refractivity contribution >= 4 is 42.6 Å². The zero-order valence-corrected chi connectivity index (χ0v) is 27.2. The smallest absolute Gasteiger partial charge is 0.421 e. The first-order valence-electron chi connectivity index (χ1n) is 14.9. The monoisotopic (exact) mass is 676 g/mol. The van der Waals surface area contributed by atoms with Crippen LogP contribution in [0.25, 0.3) is 0 Å². The Morgan fingerprint density at radius 3 is 2.40 bits per heavy atom. The fraction of sp³-hybridized carbons (Fsp3) is 0.419. The van der Waals surface area contributed by atoms with Crippen LogP contribution in [0, 0.1) is 5.92 Å². The van der Waals surface area contributed by atoms with E-state index in [0.717, 1.165) is 24.0 Å². The number of ether oxygens (including phenoxy) is 1. The molecule has 4 N–H and O–H groups in total. The highest BCUT2D eigenvalue weighted by atomic mass is 31.2. The number of nitrogens with zero attached hydrogens (tertiary/aromatic N) is 4. The van der Waals surface area contributed by atoms with E-state index in [1.54, 1.807) is 32.1 Å². The lowest BCUT2D eigenvalue weighted by molar-refractivity contribution is -0.137. The number of anilines is 4. The molecule has 1 fully saturated rings. The molecular formula is C31H36F3N6O6P. The van der Waals surface area contributed by atoms with Gasteiger partial charge in [0.25, 0.3) is 5.91 Å². The molecule has 0 spiro atoms. The molecule has 0 bridgehead atoms. The lowest BCUT2D eigenvalue weighted by Gasteiger charge is -2.30. The third kappa shape index (κ3) is 7.53. The van der Waals surface area contributed by atoms with Crippen molar-refractivity contribution in [3.8, 4) is 5.75 Å². The first-order chi connectivity index (χ1) is 22.1. The van der Waals surface area contributed by atoms with Crippen molar-refractivity contribution in [2.24, 2.45) is 5.92 Å². The van der Waals surface area contributed by atoms with Crippen LogP contribution < -0.4 is 15.4 Å². The number of rotatable bonds is 9. The third-order valence-electron chi connectivity index (χ3n) is 8.51. The molecule has 0 radical (unpaired) electrons. The molecule has 0 unspecified atom stereocenters. The lowest BCUT2D eigenvalue weighted by Crippen LogP contribution is -2.32. The summed E-state index contributed by atoms with van der Waals surface area (Å²) in [5, 5.41) is 5.56. The van der Waals surface area contributed by atoms with E-state index in [0.29, 0.717) is 31.1 Å². The molecule has 1 aliphatic carbocycles. The Morgan fingerprint density at radius 1 is 1.11 bits per heavy atom. The van der Waals surface area contributed by atoms with Crippen molar-refractivity contribution in [1.29, 1.82) is 0 Å². The molecule has 1 aliphatic heterocycles. The number of carbonyl (C=O) groups is 2. The molecule has 1 saturated carbocycles. The van der Waals surface area contributed by atoms with Gasteiger partial charge in [0, 0.05) is 39.8 Å². The number of halogens is 3. The average Bonchev–Trinajstić information content (AvgIpc) is 3.30. The van der Waals surface area contributed by atoms with E-state index in [-0.39, 0.29) is 52.3 Å². The summed E-state index contributed by atoms with van der Waals surface area (Å²) < 4.78 is 59.2. The molecule has 252 valence electrons. The van der Waals surface area contributed by atoms with Crippen LogP contribution in [-0.2, 0) is 28.2 Å². The highest BCUT2D eigenvalue weighted by molar-refractivity contribution is 7.50. The molecular weight excluding hydrogens is 640 g/mol. The van der Waals surface area contributed by atoms with Gasteiger partial charge in [-0.05, 0) is 66.5 Å². The molecule has 3 aromatic rings. The first-order valence-corrected chi connectivity index (χ1v) is 16.7. The highest BCUT2D eigenvalue weighted by Gasteiger charge is 2.38. The second kappa shape index (κ2) is 13.1. The van der Waals surface area contributed by atoms with Crippen molar-refractivity contribution in [3.63, 3.8) is 0 Å². The van der Waals surface area contributed by atoms with E-state index in [4.69, 9.17) is 4.74 Å². The minimum atomic E-state index is -4.82. The Bertz CT molecular complexity index is 1740. The van der Waals surface area contributed by atoms with Crippen molar-refractivity contribution in [3.05, 3.63) is 64.3 Å². The quantitative estimate of drug-likeness (QED) is 0.210. The van der Waals surface area contributed by atoms with Crippen LogP contribution >= 0.6 is 7.60 Å². The third-order valence-corrected chi connectivity index (χ3v) is 9.29. The molecule has 12 nitrogen and oxygen atoms in total. The Morgan fingerprint density at radius 2 is 1.79 bits per heavy atom. The molecule has 47 heavy (non-hydrogen) atoms. The number of carbonyl (C=O) groups excluding carboxylic acids is 2. The van der Waals surface area contributed by atoms with Gasteiger partial charge in [-0.25, -0.2) is 4.98 Å². The number of methoxy groups -OCH3 is 1. The average molecular weight is 677 g/mol. The van der Waals surface area contributed by atoms with E-state index >= 15 is 0 Å². The maximum absolute atomic E-state index is 14.1. The maximum atomic E-state index is 14.1. The second-order valence-corrected chi connectivity index (χ2v) is 13.7. The van der Waals surface area contributed by atoms with Gasteiger partial charge in [-0.15, -0.1) is 0 Å². The van der Waals surface area contributed by atoms with Crippen LogP contribution in [0.5, 0.6) is 5.75 Å². The molecule has 16 heteroatoms. The van der Waals surface area contributed by atoms with E-state index in [1.165, 1.54) is 30.2 Å². The van der Waals surface area contributed by atoms with Crippen molar-refractivity contribution in [2.45, 2.75) is 50.5 Å². The van der Waals surface area contributed by atoms with Gasteiger partial charge in [0.1, 0.15) is 17.1 Å². The first kappa shape index (κ1) is 34.1. The normalized spacial score (nSPS) is 18.1. The number of amides is 2. The number of hydrogen-bond acceptors (Lipinski definition) is 8. The summed E-state index contributed by atoms with van der Waals surface area (Å²) in [7, 11) is 2.09. The van der Waals surface area contributed by atoms with Gasteiger partial charge in [-0.3, -0.25) is 14.2 Å². The second-order valence-electron chi connectivity index (χ2n) is 12.1. The molecule has 2 aliphatic rings. The van der Waals surface area contributed by atoms with E-state index in [9.17, 15) is 37.1 Å². The molecule has 0 saturated heterocycles. The molecule has 0 atom stereocenters. The largest absolute Gasteiger partial charge is 0.495 e. The zero-order valence-electron chi connectivity index (χ0n) is 26.3. The summed E-state index contributed by atoms with van der Waals surface area (Å²) in [4.78, 5) is 55.5. The van der Waals surface area contributed by atoms with Gasteiger partial charge < -0.3 is 35.0 Å². The molecule has 2 aromatic carbocycles. The number of fused-ring (bicyclic) bond motifs is 1. The number of nitrogens with one attached hydrogen (secondary N) is 2. The van der Waals surface area contributed by atoms with Crippen LogP contribution in [-0.4, -0.2) is 69.6 Å². The summed E-state index contributed by atoms with van der Waals surface area (Å²) in [6, 6.07) is 7.71. The zero-order chi connectivity index (χ0) is 34.3. The summed E-state index contributed by atoms with van der Waals surface area (Å²) in [6.07, 6.45) is -1.79. The number of benzene rings is 2. The Labute approximate surface area is 269 Å². The number of alkyl halides is 3. The van der Waals surface area contributed by atoms with Crippen LogP contribution in [0.1, 0.15) is 64.2 Å². The van der Waals surface area contributed by atoms with E-state index < -0.39 is 31.3 Å². The van der Waals surface area contributed by atoms with Crippen LogP contribution in [0.4, 0.5) is 36.3 Å². The van der Waals surface area contributed by atoms with Crippen LogP contribution in [0.3, 0.4) is 0 Å². The maximum Gasteiger partial charge on any atom is 0.421 e. The minimum Gasteiger partial charge on any atom is -0.495 e. The lowest BCUT2D eigenvalue weighted by atomic mass is 9.76. The van der Waals surface area contributed by atoms with Gasteiger partial charge in [0.05, 0.1) is 30.2 Å². The van der Waals surface area contributed by atoms with E-state index in [2.05, 4.69) is 20.6 Å². The van der Waals surface area contributed by atoms with Gasteiger partial charge in [0.15, 0.2) is 0 Å². The van der Waals surface area contributed by atoms with Crippen LogP contribution in [0.15, 0.2) is 36.5 Å². The number of aromatic nitrogens is 2. The topological polar surface area (TPSA) is 157 Å². The SMILES string of the molecule is COc1cc(CP(=O)(O)O)ccc1Nc1ncc(C(F)(F)F)c(Nc2ccc(C3CCC(C(=O)N(C)C)CC3)c3c2C(=O)N(C)C3)n1. The van der Waals surface area contributed by atoms with Crippen molar-refractivity contribution in [1.82, 2.24) is 19.8 Å². The Kier molecular flexibility index (Phi) is 9.54. The summed E-state index contributed by atoms with van der Waals surface area (Å²) in [5.41, 5.74) is 1.53. The summed E-state index contributed by atoms with van der Waals surface area (Å²) in [5.74, 6) is -0.824. The van der Waals surface area contributed by atoms with Crippen LogP contribution in [0.2, 0.25) is 0 Å². The minimum absolute atomic E-state index is 0.0569. The van der Waals surface area contributed by atoms with E-state index in [1.807, 2.05) is 6.07 Å². The highest BCUT2D eigenvalue weighted by Crippen LogP contribution is 2.44. The van der Waals surface area contributed by atoms with Gasteiger partial charge in [-0.2, -0.15) is 18.2 Å². The van der Waals surface area contributed by atoms with Crippen molar-refractivity contribution < 1.29 is 41.8 Å².